The van der Waals surface area contributed by atoms with Crippen molar-refractivity contribution >= 4 is 24.2 Å². The minimum absolute atomic E-state index is 0. The second kappa shape index (κ2) is 9.91. The third-order valence-corrected chi connectivity index (χ3v) is 8.75. The van der Waals surface area contributed by atoms with Crippen molar-refractivity contribution in [2.45, 2.75) is 115 Å². The predicted molar refractivity (Wildman–Crippen MR) is 138 cm³/mol. The van der Waals surface area contributed by atoms with Gasteiger partial charge in [0.15, 0.2) is 17.5 Å². The van der Waals surface area contributed by atoms with Crippen molar-refractivity contribution in [2.24, 2.45) is 16.7 Å². The lowest BCUT2D eigenvalue weighted by molar-refractivity contribution is -0.370. The second-order valence-electron chi connectivity index (χ2n) is 12.8. The maximum Gasteiger partial charge on any atom is 0.320 e. The summed E-state index contributed by atoms with van der Waals surface area (Å²) in [5.74, 6) is -1.90. The predicted octanol–water partition coefficient (Wildman–Crippen LogP) is 1.49. The number of ketones is 1. The van der Waals surface area contributed by atoms with E-state index in [9.17, 15) is 24.9 Å². The smallest absolute Gasteiger partial charge is 0.320 e. The lowest BCUT2D eigenvalue weighted by Crippen LogP contribution is -2.86. The van der Waals surface area contributed by atoms with Gasteiger partial charge in [-0.3, -0.25) is 9.59 Å². The molecule has 36 heavy (non-hydrogen) atoms. The van der Waals surface area contributed by atoms with Gasteiger partial charge in [-0.25, -0.2) is 0 Å². The van der Waals surface area contributed by atoms with Gasteiger partial charge in [0.25, 0.3) is 0 Å². The first kappa shape index (κ1) is 33.0. The Morgan fingerprint density at radius 2 is 1.78 bits per heavy atom. The van der Waals surface area contributed by atoms with Crippen molar-refractivity contribution in [3.8, 4) is 0 Å². The van der Waals surface area contributed by atoms with Crippen molar-refractivity contribution in [1.29, 1.82) is 0 Å². The van der Waals surface area contributed by atoms with E-state index in [1.807, 2.05) is 34.6 Å². The Bertz CT molecular complexity index is 874. The summed E-state index contributed by atoms with van der Waals surface area (Å²) in [6, 6.07) is 0. The number of nitrogens with one attached hydrogen (secondary N) is 1. The molecule has 0 aromatic carbocycles. The molecule has 0 amide bonds. The van der Waals surface area contributed by atoms with Crippen LogP contribution >= 0.6 is 12.4 Å². The van der Waals surface area contributed by atoms with Crippen LogP contribution in [0.1, 0.15) is 74.7 Å². The van der Waals surface area contributed by atoms with E-state index in [4.69, 9.17) is 9.47 Å². The molecule has 3 rings (SSSR count). The standard InChI is InChI=1S/C26H43NO7.ClH.H2O/c1-10-23(7)13-16(29)26(32)24(8)15(28)11-12-22(5,6)19(24)18(31)20(25(26,9)34-23)33-17(30)14-27-21(2,3)4;;/h10,15,18-20,27-28,31-32H,1,11-14H2,2-9H3;1H;1H2/t15-,18-,19-,20-,23-,24-,25+,26-;;/m0../s1. The molecule has 3 fully saturated rings. The maximum atomic E-state index is 13.8. The Balaban J connectivity index is 0.00000324. The number of ether oxygens (including phenoxy) is 2. The number of hydrogen-bond acceptors (Lipinski definition) is 8. The number of halogens is 1. The van der Waals surface area contributed by atoms with Crippen LogP contribution in [-0.2, 0) is 19.1 Å². The van der Waals surface area contributed by atoms with Gasteiger partial charge in [-0.1, -0.05) is 26.8 Å². The summed E-state index contributed by atoms with van der Waals surface area (Å²) in [5.41, 5.74) is -7.53. The fourth-order valence-corrected chi connectivity index (χ4v) is 7.00. The molecule has 0 spiro atoms. The number of aliphatic hydroxyl groups excluding tert-OH is 2. The van der Waals surface area contributed by atoms with Crippen LogP contribution in [-0.4, -0.2) is 79.7 Å². The van der Waals surface area contributed by atoms with Crippen molar-refractivity contribution in [2.75, 3.05) is 6.54 Å². The largest absolute Gasteiger partial charge is 0.455 e. The summed E-state index contributed by atoms with van der Waals surface area (Å²) in [5, 5.41) is 38.5. The lowest BCUT2D eigenvalue weighted by atomic mass is 9.40. The first-order chi connectivity index (χ1) is 15.3. The van der Waals surface area contributed by atoms with Crippen molar-refractivity contribution in [1.82, 2.24) is 5.32 Å². The minimum atomic E-state index is -2.22. The highest BCUT2D eigenvalue weighted by molar-refractivity contribution is 5.92. The van der Waals surface area contributed by atoms with E-state index in [1.54, 1.807) is 13.8 Å². The van der Waals surface area contributed by atoms with Gasteiger partial charge in [-0.05, 0) is 52.9 Å². The van der Waals surface area contributed by atoms with Gasteiger partial charge >= 0.3 is 5.97 Å². The van der Waals surface area contributed by atoms with Crippen molar-refractivity contribution in [3.05, 3.63) is 12.7 Å². The molecule has 8 atom stereocenters. The summed E-state index contributed by atoms with van der Waals surface area (Å²) in [6.45, 7) is 18.1. The Hall–Kier alpha value is -1.07. The highest BCUT2D eigenvalue weighted by Gasteiger charge is 2.81. The van der Waals surface area contributed by atoms with Crippen LogP contribution in [0.25, 0.3) is 0 Å². The number of carbonyl (C=O) groups is 2. The van der Waals surface area contributed by atoms with Crippen LogP contribution in [0, 0.1) is 16.7 Å². The Morgan fingerprint density at radius 3 is 2.28 bits per heavy atom. The van der Waals surface area contributed by atoms with E-state index in [-0.39, 0.29) is 36.4 Å². The van der Waals surface area contributed by atoms with Crippen LogP contribution in [0.5, 0.6) is 0 Å². The molecule has 2 aliphatic carbocycles. The van der Waals surface area contributed by atoms with Gasteiger partial charge in [0.1, 0.15) is 5.60 Å². The van der Waals surface area contributed by atoms with Gasteiger partial charge in [-0.15, -0.1) is 19.0 Å². The number of carbonyl (C=O) groups excluding carboxylic acids is 2. The number of fused-ring (bicyclic) bond motifs is 3. The zero-order chi connectivity index (χ0) is 26.1. The maximum absolute atomic E-state index is 13.8. The molecule has 3 aliphatic rings. The van der Waals surface area contributed by atoms with Crippen LogP contribution < -0.4 is 5.32 Å². The van der Waals surface area contributed by atoms with E-state index in [0.717, 1.165) is 0 Å². The van der Waals surface area contributed by atoms with Gasteiger partial charge in [-0.2, -0.15) is 0 Å². The van der Waals surface area contributed by atoms with E-state index in [0.29, 0.717) is 12.8 Å². The average Bonchev–Trinajstić information content (AvgIpc) is 2.69. The highest BCUT2D eigenvalue weighted by Crippen LogP contribution is 2.67. The van der Waals surface area contributed by atoms with Crippen molar-refractivity contribution in [3.63, 3.8) is 0 Å². The van der Waals surface area contributed by atoms with E-state index in [1.165, 1.54) is 13.0 Å². The summed E-state index contributed by atoms with van der Waals surface area (Å²) in [4.78, 5) is 26.7. The molecule has 1 aliphatic heterocycles. The Labute approximate surface area is 220 Å². The zero-order valence-electron chi connectivity index (χ0n) is 22.8. The van der Waals surface area contributed by atoms with Gasteiger partial charge in [0.05, 0.1) is 24.4 Å². The molecule has 1 heterocycles. The minimum Gasteiger partial charge on any atom is -0.455 e. The second-order valence-corrected chi connectivity index (χ2v) is 12.8. The molecule has 0 bridgehead atoms. The number of esters is 1. The molecular weight excluding hydrogens is 490 g/mol. The molecule has 6 N–H and O–H groups in total. The molecule has 10 heteroatoms. The first-order valence-corrected chi connectivity index (χ1v) is 12.2. The van der Waals surface area contributed by atoms with Crippen LogP contribution in [0.4, 0.5) is 0 Å². The summed E-state index contributed by atoms with van der Waals surface area (Å²) in [6.07, 6.45) is -1.44. The molecule has 0 unspecified atom stereocenters. The Kier molecular flexibility index (Phi) is 9.07. The van der Waals surface area contributed by atoms with Gasteiger partial charge in [0.2, 0.25) is 0 Å². The third kappa shape index (κ3) is 4.65. The fourth-order valence-electron chi connectivity index (χ4n) is 7.00. The van der Waals surface area contributed by atoms with Crippen LogP contribution in [0.15, 0.2) is 12.7 Å². The number of rotatable bonds is 4. The summed E-state index contributed by atoms with van der Waals surface area (Å²) >= 11 is 0. The van der Waals surface area contributed by atoms with Crippen molar-refractivity contribution < 1.29 is 39.9 Å². The molecule has 1 saturated heterocycles. The lowest BCUT2D eigenvalue weighted by Gasteiger charge is -2.71. The molecule has 0 aromatic heterocycles. The first-order valence-electron chi connectivity index (χ1n) is 12.2. The quantitative estimate of drug-likeness (QED) is 0.311. The van der Waals surface area contributed by atoms with E-state index in [2.05, 4.69) is 11.9 Å². The normalized spacial score (nSPS) is 43.7. The average molecular weight is 536 g/mol. The van der Waals surface area contributed by atoms with E-state index >= 15 is 0 Å². The fraction of sp³-hybridized carbons (Fsp3) is 0.846. The molecule has 2 saturated carbocycles. The summed E-state index contributed by atoms with van der Waals surface area (Å²) < 4.78 is 12.2. The molecular formula is C26H46ClNO8. The molecule has 0 radical (unpaired) electrons. The number of hydrogen-bond donors (Lipinski definition) is 4. The molecule has 0 aromatic rings. The molecule has 210 valence electrons. The SMILES string of the molecule is C=C[C@@]1(C)CC(=O)[C@]2(O)[C@@]3(C)[C@@H](O)CCC(C)(C)[C@@H]3[C@H](O)[C@H](OC(=O)CNC(C)(C)C)[C@@]2(C)O1.Cl.O. The van der Waals surface area contributed by atoms with Gasteiger partial charge in [0, 0.05) is 23.3 Å². The molecule has 9 nitrogen and oxygen atoms in total. The topological polar surface area (TPSA) is 157 Å². The zero-order valence-corrected chi connectivity index (χ0v) is 23.6. The van der Waals surface area contributed by atoms with Gasteiger partial charge < -0.3 is 35.6 Å². The highest BCUT2D eigenvalue weighted by atomic mass is 35.5. The number of aliphatic hydroxyl groups is 3. The summed E-state index contributed by atoms with van der Waals surface area (Å²) in [7, 11) is 0. The Morgan fingerprint density at radius 1 is 1.22 bits per heavy atom. The van der Waals surface area contributed by atoms with E-state index < -0.39 is 63.6 Å². The number of Topliss-reactive ketones (excluding diaryl/α,β-unsaturated/α-hetero) is 1. The monoisotopic (exact) mass is 535 g/mol. The van der Waals surface area contributed by atoms with Crippen LogP contribution in [0.3, 0.4) is 0 Å². The van der Waals surface area contributed by atoms with Crippen LogP contribution in [0.2, 0.25) is 0 Å². The third-order valence-electron chi connectivity index (χ3n) is 8.75.